The predicted octanol–water partition coefficient (Wildman–Crippen LogP) is 5.05. The number of amides is 1. The SMILES string of the molecule is O=C(NCCC=Cc1ccc(OC(F)(F)F)cc1F)OCc1ccccc1. The van der Waals surface area contributed by atoms with E-state index in [1.807, 2.05) is 30.3 Å². The summed E-state index contributed by atoms with van der Waals surface area (Å²) in [5, 5.41) is 2.54. The molecule has 0 fully saturated rings. The summed E-state index contributed by atoms with van der Waals surface area (Å²) in [6.07, 6.45) is -2.07. The zero-order valence-corrected chi connectivity index (χ0v) is 14.1. The molecule has 0 aliphatic carbocycles. The van der Waals surface area contributed by atoms with Crippen LogP contribution in [0.5, 0.6) is 5.75 Å². The minimum Gasteiger partial charge on any atom is -0.445 e. The molecule has 1 N–H and O–H groups in total. The Kier molecular flexibility index (Phi) is 7.22. The van der Waals surface area contributed by atoms with Crippen molar-refractivity contribution in [2.75, 3.05) is 6.54 Å². The standard InChI is InChI=1S/C19H17F4NO3/c20-17-12-16(27-19(21,22)23)10-9-15(17)8-4-5-11-24-18(25)26-13-14-6-2-1-3-7-14/h1-4,6-10,12H,5,11,13H2,(H,24,25). The van der Waals surface area contributed by atoms with E-state index in [1.165, 1.54) is 12.1 Å². The Balaban J connectivity index is 1.71. The van der Waals surface area contributed by atoms with E-state index in [0.717, 1.165) is 11.6 Å². The van der Waals surface area contributed by atoms with Crippen LogP contribution in [0.25, 0.3) is 6.08 Å². The summed E-state index contributed by atoms with van der Waals surface area (Å²) in [6.45, 7) is 0.418. The van der Waals surface area contributed by atoms with Gasteiger partial charge in [-0.3, -0.25) is 0 Å². The summed E-state index contributed by atoms with van der Waals surface area (Å²) in [5.74, 6) is -1.47. The van der Waals surface area contributed by atoms with E-state index in [1.54, 1.807) is 6.08 Å². The number of alkyl halides is 3. The zero-order chi connectivity index (χ0) is 19.7. The lowest BCUT2D eigenvalue weighted by Gasteiger charge is -2.09. The molecule has 0 unspecified atom stereocenters. The molecule has 8 heteroatoms. The van der Waals surface area contributed by atoms with Crippen LogP contribution in [0.4, 0.5) is 22.4 Å². The number of ether oxygens (including phenoxy) is 2. The Hall–Kier alpha value is -3.03. The minimum absolute atomic E-state index is 0.108. The molecule has 1 amide bonds. The summed E-state index contributed by atoms with van der Waals surface area (Å²) < 4.78 is 58.6. The van der Waals surface area contributed by atoms with E-state index in [2.05, 4.69) is 10.1 Å². The summed E-state index contributed by atoms with van der Waals surface area (Å²) in [7, 11) is 0. The molecule has 2 aromatic carbocycles. The van der Waals surface area contributed by atoms with E-state index in [9.17, 15) is 22.4 Å². The highest BCUT2D eigenvalue weighted by Crippen LogP contribution is 2.24. The maximum absolute atomic E-state index is 13.7. The Bertz CT molecular complexity index is 776. The predicted molar refractivity (Wildman–Crippen MR) is 91.4 cm³/mol. The third-order valence-electron chi connectivity index (χ3n) is 3.30. The molecule has 0 saturated carbocycles. The average molecular weight is 383 g/mol. The quantitative estimate of drug-likeness (QED) is 0.537. The van der Waals surface area contributed by atoms with Crippen molar-refractivity contribution in [1.29, 1.82) is 0 Å². The van der Waals surface area contributed by atoms with Crippen LogP contribution in [0.1, 0.15) is 17.5 Å². The Morgan fingerprint density at radius 2 is 1.85 bits per heavy atom. The van der Waals surface area contributed by atoms with Crippen molar-refractivity contribution >= 4 is 12.2 Å². The summed E-state index contributed by atoms with van der Waals surface area (Å²) in [5.41, 5.74) is 0.970. The minimum atomic E-state index is -4.87. The topological polar surface area (TPSA) is 47.6 Å². The van der Waals surface area contributed by atoms with Gasteiger partial charge >= 0.3 is 12.5 Å². The van der Waals surface area contributed by atoms with Crippen LogP contribution in [0.3, 0.4) is 0 Å². The second-order valence-electron chi connectivity index (χ2n) is 5.41. The number of hydrogen-bond donors (Lipinski definition) is 1. The van der Waals surface area contributed by atoms with Crippen LogP contribution in [-0.2, 0) is 11.3 Å². The molecule has 2 aromatic rings. The van der Waals surface area contributed by atoms with Gasteiger partial charge in [0.15, 0.2) is 0 Å². The van der Waals surface area contributed by atoms with Gasteiger partial charge in [0.25, 0.3) is 0 Å². The lowest BCUT2D eigenvalue weighted by Crippen LogP contribution is -2.24. The second-order valence-corrected chi connectivity index (χ2v) is 5.41. The van der Waals surface area contributed by atoms with Gasteiger partial charge in [-0.1, -0.05) is 42.5 Å². The van der Waals surface area contributed by atoms with Gasteiger partial charge in [-0.25, -0.2) is 9.18 Å². The van der Waals surface area contributed by atoms with Crippen molar-refractivity contribution in [2.24, 2.45) is 0 Å². The number of nitrogens with one attached hydrogen (secondary N) is 1. The number of carbonyl (C=O) groups is 1. The molecule has 144 valence electrons. The first-order chi connectivity index (χ1) is 12.8. The summed E-state index contributed by atoms with van der Waals surface area (Å²) >= 11 is 0. The van der Waals surface area contributed by atoms with Gasteiger partial charge in [0.2, 0.25) is 0 Å². The zero-order valence-electron chi connectivity index (χ0n) is 14.1. The molecule has 0 heterocycles. The van der Waals surface area contributed by atoms with Crippen LogP contribution >= 0.6 is 0 Å². The molecule has 0 atom stereocenters. The number of alkyl carbamates (subject to hydrolysis) is 1. The molecule has 0 saturated heterocycles. The maximum Gasteiger partial charge on any atom is 0.573 e. The molecule has 2 rings (SSSR count). The molecule has 27 heavy (non-hydrogen) atoms. The number of carbonyl (C=O) groups excluding carboxylic acids is 1. The van der Waals surface area contributed by atoms with Gasteiger partial charge in [-0.15, -0.1) is 13.2 Å². The fourth-order valence-corrected chi connectivity index (χ4v) is 2.08. The first-order valence-electron chi connectivity index (χ1n) is 8.00. The fraction of sp³-hybridized carbons (Fsp3) is 0.211. The number of rotatable bonds is 7. The average Bonchev–Trinajstić information content (AvgIpc) is 2.61. The van der Waals surface area contributed by atoms with E-state index >= 15 is 0 Å². The van der Waals surface area contributed by atoms with Crippen LogP contribution in [-0.4, -0.2) is 19.0 Å². The second kappa shape index (κ2) is 9.61. The van der Waals surface area contributed by atoms with Gasteiger partial charge in [0.1, 0.15) is 18.2 Å². The molecule has 0 bridgehead atoms. The van der Waals surface area contributed by atoms with Gasteiger partial charge in [0.05, 0.1) is 0 Å². The molecule has 0 aliphatic heterocycles. The smallest absolute Gasteiger partial charge is 0.445 e. The van der Waals surface area contributed by atoms with Crippen LogP contribution < -0.4 is 10.1 Å². The number of hydrogen-bond acceptors (Lipinski definition) is 3. The van der Waals surface area contributed by atoms with Gasteiger partial charge in [-0.2, -0.15) is 0 Å². The van der Waals surface area contributed by atoms with Gasteiger partial charge < -0.3 is 14.8 Å². The molecular weight excluding hydrogens is 366 g/mol. The highest BCUT2D eigenvalue weighted by molar-refractivity contribution is 5.67. The Morgan fingerprint density at radius 1 is 1.11 bits per heavy atom. The fourth-order valence-electron chi connectivity index (χ4n) is 2.08. The maximum atomic E-state index is 13.7. The lowest BCUT2D eigenvalue weighted by molar-refractivity contribution is -0.274. The highest BCUT2D eigenvalue weighted by Gasteiger charge is 2.31. The van der Waals surface area contributed by atoms with E-state index < -0.39 is 24.0 Å². The van der Waals surface area contributed by atoms with Gasteiger partial charge in [0, 0.05) is 18.2 Å². The van der Waals surface area contributed by atoms with Crippen LogP contribution in [0.2, 0.25) is 0 Å². The van der Waals surface area contributed by atoms with Crippen molar-refractivity contribution in [3.8, 4) is 5.75 Å². The molecule has 0 aliphatic rings. The van der Waals surface area contributed by atoms with Crippen molar-refractivity contribution in [3.63, 3.8) is 0 Å². The molecule has 0 spiro atoms. The van der Waals surface area contributed by atoms with Crippen molar-refractivity contribution in [2.45, 2.75) is 19.4 Å². The van der Waals surface area contributed by atoms with Gasteiger partial charge in [-0.05, 0) is 24.1 Å². The van der Waals surface area contributed by atoms with Crippen LogP contribution in [0.15, 0.2) is 54.6 Å². The molecule has 0 radical (unpaired) electrons. The Labute approximate surface area is 153 Å². The van der Waals surface area contributed by atoms with Crippen molar-refractivity contribution < 1.29 is 31.8 Å². The third-order valence-corrected chi connectivity index (χ3v) is 3.30. The van der Waals surface area contributed by atoms with E-state index in [0.29, 0.717) is 12.5 Å². The summed E-state index contributed by atoms with van der Waals surface area (Å²) in [4.78, 5) is 11.5. The molecule has 0 aromatic heterocycles. The lowest BCUT2D eigenvalue weighted by atomic mass is 10.2. The molecular formula is C19H17F4NO3. The number of halogens is 4. The molecule has 4 nitrogen and oxygen atoms in total. The first kappa shape index (κ1) is 20.3. The van der Waals surface area contributed by atoms with E-state index in [4.69, 9.17) is 4.74 Å². The normalized spacial score (nSPS) is 11.4. The van der Waals surface area contributed by atoms with E-state index in [-0.39, 0.29) is 18.7 Å². The highest BCUT2D eigenvalue weighted by atomic mass is 19.4. The van der Waals surface area contributed by atoms with Crippen molar-refractivity contribution in [1.82, 2.24) is 5.32 Å². The monoisotopic (exact) mass is 383 g/mol. The third kappa shape index (κ3) is 7.81. The first-order valence-corrected chi connectivity index (χ1v) is 8.00. The largest absolute Gasteiger partial charge is 0.573 e. The van der Waals surface area contributed by atoms with Crippen molar-refractivity contribution in [3.05, 3.63) is 71.6 Å². The Morgan fingerprint density at radius 3 is 2.52 bits per heavy atom. The van der Waals surface area contributed by atoms with Crippen LogP contribution in [0, 0.1) is 5.82 Å². The number of benzene rings is 2. The summed E-state index contributed by atoms with van der Waals surface area (Å²) in [6, 6.07) is 12.0.